The van der Waals surface area contributed by atoms with E-state index in [4.69, 9.17) is 15.2 Å². The Morgan fingerprint density at radius 2 is 1.94 bits per heavy atom. The molecule has 0 aliphatic heterocycles. The number of hydrogen-bond donors (Lipinski definition) is 1. The minimum atomic E-state index is 0.568. The van der Waals surface area contributed by atoms with E-state index in [1.54, 1.807) is 0 Å². The van der Waals surface area contributed by atoms with Crippen molar-refractivity contribution in [1.82, 2.24) is 0 Å². The molecule has 0 unspecified atom stereocenters. The highest BCUT2D eigenvalue weighted by Gasteiger charge is 2.16. The number of nitrogens with two attached hydrogens (primary N) is 1. The third kappa shape index (κ3) is 3.93. The van der Waals surface area contributed by atoms with Crippen molar-refractivity contribution in [2.75, 3.05) is 25.6 Å². The van der Waals surface area contributed by atoms with Crippen LogP contribution in [-0.4, -0.2) is 19.8 Å². The Kier molecular flexibility index (Phi) is 4.68. The average molecular weight is 235 g/mol. The molecule has 1 fully saturated rings. The normalized spacial score (nSPS) is 15.5. The van der Waals surface area contributed by atoms with Gasteiger partial charge in [0, 0.05) is 6.61 Å². The Balaban J connectivity index is 1.52. The molecule has 2 rings (SSSR count). The van der Waals surface area contributed by atoms with Gasteiger partial charge in [-0.25, -0.2) is 0 Å². The van der Waals surface area contributed by atoms with Gasteiger partial charge in [-0.2, -0.15) is 0 Å². The van der Waals surface area contributed by atoms with Crippen LogP contribution in [0.3, 0.4) is 0 Å². The molecule has 94 valence electrons. The van der Waals surface area contributed by atoms with Crippen LogP contribution in [0, 0.1) is 5.92 Å². The lowest BCUT2D eigenvalue weighted by Crippen LogP contribution is -2.15. The molecule has 0 saturated heterocycles. The van der Waals surface area contributed by atoms with E-state index in [1.807, 2.05) is 24.3 Å². The highest BCUT2D eigenvalue weighted by Crippen LogP contribution is 2.29. The Morgan fingerprint density at radius 3 is 2.65 bits per heavy atom. The highest BCUT2D eigenvalue weighted by atomic mass is 16.5. The number of nitrogen functional groups attached to an aromatic ring is 1. The van der Waals surface area contributed by atoms with Gasteiger partial charge in [0.25, 0.3) is 0 Å². The standard InChI is InChI=1S/C14H21NO2/c15-13-6-1-2-7-14(13)17-11-10-16-9-8-12-4-3-5-12/h1-2,6-7,12H,3-5,8-11,15H2. The van der Waals surface area contributed by atoms with Crippen molar-refractivity contribution in [2.45, 2.75) is 25.7 Å². The van der Waals surface area contributed by atoms with E-state index in [0.717, 1.165) is 18.3 Å². The molecule has 0 bridgehead atoms. The zero-order valence-electron chi connectivity index (χ0n) is 10.2. The van der Waals surface area contributed by atoms with E-state index in [2.05, 4.69) is 0 Å². The Labute approximate surface area is 103 Å². The molecule has 0 spiro atoms. The maximum Gasteiger partial charge on any atom is 0.142 e. The molecule has 0 aromatic heterocycles. The van der Waals surface area contributed by atoms with Crippen LogP contribution in [0.2, 0.25) is 0 Å². The van der Waals surface area contributed by atoms with Crippen LogP contribution in [0.15, 0.2) is 24.3 Å². The SMILES string of the molecule is Nc1ccccc1OCCOCCC1CCC1. The molecule has 1 aromatic rings. The second-order valence-corrected chi connectivity index (χ2v) is 4.58. The van der Waals surface area contributed by atoms with Gasteiger partial charge < -0.3 is 15.2 Å². The predicted octanol–water partition coefficient (Wildman–Crippen LogP) is 2.85. The summed E-state index contributed by atoms with van der Waals surface area (Å²) in [7, 11) is 0. The smallest absolute Gasteiger partial charge is 0.142 e. The number of benzene rings is 1. The monoisotopic (exact) mass is 235 g/mol. The molecule has 1 saturated carbocycles. The van der Waals surface area contributed by atoms with E-state index in [9.17, 15) is 0 Å². The highest BCUT2D eigenvalue weighted by molar-refractivity contribution is 5.51. The largest absolute Gasteiger partial charge is 0.489 e. The zero-order chi connectivity index (χ0) is 11.9. The lowest BCUT2D eigenvalue weighted by molar-refractivity contribution is 0.0814. The van der Waals surface area contributed by atoms with Crippen molar-refractivity contribution in [3.05, 3.63) is 24.3 Å². The first-order chi connectivity index (χ1) is 8.36. The van der Waals surface area contributed by atoms with E-state index in [0.29, 0.717) is 18.9 Å². The third-order valence-corrected chi connectivity index (χ3v) is 3.30. The van der Waals surface area contributed by atoms with Crippen LogP contribution in [-0.2, 0) is 4.74 Å². The Bertz CT molecular complexity index is 337. The summed E-state index contributed by atoms with van der Waals surface area (Å²) in [5.41, 5.74) is 6.44. The molecule has 0 heterocycles. The molecule has 17 heavy (non-hydrogen) atoms. The summed E-state index contributed by atoms with van der Waals surface area (Å²) < 4.78 is 11.1. The second-order valence-electron chi connectivity index (χ2n) is 4.58. The molecule has 1 aliphatic rings. The van der Waals surface area contributed by atoms with Gasteiger partial charge >= 0.3 is 0 Å². The molecule has 0 radical (unpaired) electrons. The summed E-state index contributed by atoms with van der Waals surface area (Å²) in [5, 5.41) is 0. The van der Waals surface area contributed by atoms with Gasteiger partial charge in [0.05, 0.1) is 12.3 Å². The topological polar surface area (TPSA) is 44.5 Å². The van der Waals surface area contributed by atoms with Crippen LogP contribution < -0.4 is 10.5 Å². The van der Waals surface area contributed by atoms with E-state index < -0.39 is 0 Å². The molecule has 0 amide bonds. The fraction of sp³-hybridized carbons (Fsp3) is 0.571. The molecule has 3 nitrogen and oxygen atoms in total. The second kappa shape index (κ2) is 6.50. The molecule has 3 heteroatoms. The minimum Gasteiger partial charge on any atom is -0.489 e. The summed E-state index contributed by atoms with van der Waals surface area (Å²) in [5.74, 6) is 1.66. The van der Waals surface area contributed by atoms with Crippen molar-refractivity contribution in [3.8, 4) is 5.75 Å². The maximum atomic E-state index is 5.76. The summed E-state index contributed by atoms with van der Waals surface area (Å²) in [6.45, 7) is 2.07. The van der Waals surface area contributed by atoms with Gasteiger partial charge in [0.1, 0.15) is 12.4 Å². The van der Waals surface area contributed by atoms with Gasteiger partial charge in [0.2, 0.25) is 0 Å². The van der Waals surface area contributed by atoms with E-state index in [-0.39, 0.29) is 0 Å². The van der Waals surface area contributed by atoms with Crippen molar-refractivity contribution < 1.29 is 9.47 Å². The average Bonchev–Trinajstić information content (AvgIpc) is 2.28. The quantitative estimate of drug-likeness (QED) is 0.584. The number of hydrogen-bond acceptors (Lipinski definition) is 3. The van der Waals surface area contributed by atoms with Gasteiger partial charge in [-0.15, -0.1) is 0 Å². The maximum absolute atomic E-state index is 5.76. The number of rotatable bonds is 7. The zero-order valence-corrected chi connectivity index (χ0v) is 10.2. The summed E-state index contributed by atoms with van der Waals surface area (Å²) >= 11 is 0. The molecule has 0 atom stereocenters. The van der Waals surface area contributed by atoms with Crippen LogP contribution in [0.1, 0.15) is 25.7 Å². The summed E-state index contributed by atoms with van der Waals surface area (Å²) in [6.07, 6.45) is 5.38. The Hall–Kier alpha value is -1.22. The predicted molar refractivity (Wildman–Crippen MR) is 69.1 cm³/mol. The van der Waals surface area contributed by atoms with E-state index in [1.165, 1.54) is 25.7 Å². The van der Waals surface area contributed by atoms with Crippen molar-refractivity contribution >= 4 is 5.69 Å². The third-order valence-electron chi connectivity index (χ3n) is 3.30. The van der Waals surface area contributed by atoms with Gasteiger partial charge in [-0.1, -0.05) is 31.4 Å². The van der Waals surface area contributed by atoms with Gasteiger partial charge in [-0.05, 0) is 24.5 Å². The van der Waals surface area contributed by atoms with Crippen LogP contribution in [0.25, 0.3) is 0 Å². The fourth-order valence-corrected chi connectivity index (χ4v) is 1.96. The van der Waals surface area contributed by atoms with Gasteiger partial charge in [0.15, 0.2) is 0 Å². The summed E-state index contributed by atoms with van der Waals surface area (Å²) in [6, 6.07) is 7.54. The number of anilines is 1. The Morgan fingerprint density at radius 1 is 1.12 bits per heavy atom. The first kappa shape index (κ1) is 12.2. The van der Waals surface area contributed by atoms with Crippen molar-refractivity contribution in [3.63, 3.8) is 0 Å². The lowest BCUT2D eigenvalue weighted by atomic mass is 9.83. The fourth-order valence-electron chi connectivity index (χ4n) is 1.96. The first-order valence-electron chi connectivity index (χ1n) is 6.41. The van der Waals surface area contributed by atoms with Crippen molar-refractivity contribution in [2.24, 2.45) is 5.92 Å². The molecule has 2 N–H and O–H groups in total. The van der Waals surface area contributed by atoms with E-state index >= 15 is 0 Å². The molecular formula is C14H21NO2. The molecular weight excluding hydrogens is 214 g/mol. The van der Waals surface area contributed by atoms with Crippen LogP contribution in [0.5, 0.6) is 5.75 Å². The van der Waals surface area contributed by atoms with Gasteiger partial charge in [-0.3, -0.25) is 0 Å². The minimum absolute atomic E-state index is 0.568. The first-order valence-corrected chi connectivity index (χ1v) is 6.41. The number of para-hydroxylation sites is 2. The molecule has 1 aromatic carbocycles. The summed E-state index contributed by atoms with van der Waals surface area (Å²) in [4.78, 5) is 0. The lowest BCUT2D eigenvalue weighted by Gasteiger charge is -2.24. The van der Waals surface area contributed by atoms with Crippen LogP contribution in [0.4, 0.5) is 5.69 Å². The van der Waals surface area contributed by atoms with Crippen molar-refractivity contribution in [1.29, 1.82) is 0 Å². The van der Waals surface area contributed by atoms with Crippen LogP contribution >= 0.6 is 0 Å². The molecule has 1 aliphatic carbocycles. The number of ether oxygens (including phenoxy) is 2.